The van der Waals surface area contributed by atoms with Gasteiger partial charge >= 0.3 is 5.69 Å². The van der Waals surface area contributed by atoms with E-state index in [1.165, 1.54) is 9.13 Å². The first-order chi connectivity index (χ1) is 14.6. The zero-order valence-corrected chi connectivity index (χ0v) is 17.7. The maximum absolute atomic E-state index is 13.4. The van der Waals surface area contributed by atoms with Gasteiger partial charge in [-0.3, -0.25) is 18.9 Å². The number of aliphatic imine (C=N–C) groups is 1. The average Bonchev–Trinajstić information content (AvgIpc) is 3.27. The minimum atomic E-state index is -0.419. The first-order valence-corrected chi connectivity index (χ1v) is 11.2. The molecule has 0 radical (unpaired) electrons. The molecular formula is C23H31N3O4. The van der Waals surface area contributed by atoms with Gasteiger partial charge in [-0.1, -0.05) is 38.5 Å². The van der Waals surface area contributed by atoms with Crippen molar-refractivity contribution in [3.63, 3.8) is 0 Å². The van der Waals surface area contributed by atoms with Gasteiger partial charge in [-0.15, -0.1) is 0 Å². The van der Waals surface area contributed by atoms with E-state index < -0.39 is 5.56 Å². The van der Waals surface area contributed by atoms with Crippen LogP contribution in [0.2, 0.25) is 0 Å². The van der Waals surface area contributed by atoms with Crippen LogP contribution in [0.3, 0.4) is 0 Å². The van der Waals surface area contributed by atoms with Crippen LogP contribution in [0.15, 0.2) is 37.4 Å². The van der Waals surface area contributed by atoms with Crippen LogP contribution in [0.5, 0.6) is 5.88 Å². The smallest absolute Gasteiger partial charge is 0.334 e. The van der Waals surface area contributed by atoms with Crippen molar-refractivity contribution in [1.29, 1.82) is 0 Å². The lowest BCUT2D eigenvalue weighted by atomic mass is 9.94. The Kier molecular flexibility index (Phi) is 6.25. The van der Waals surface area contributed by atoms with Crippen LogP contribution in [0.4, 0.5) is 0 Å². The van der Waals surface area contributed by atoms with E-state index in [0.717, 1.165) is 64.2 Å². The molecule has 30 heavy (non-hydrogen) atoms. The number of rotatable bonds is 5. The number of aromatic nitrogens is 2. The fourth-order valence-electron chi connectivity index (χ4n) is 4.95. The SMILES string of the molecule is CC(=NCc1ccco1)c1c(O)n(C2CCCCC2)c(=O)n(C2CCCCC2)c1=O. The summed E-state index contributed by atoms with van der Waals surface area (Å²) in [5.41, 5.74) is -0.198. The van der Waals surface area contributed by atoms with Gasteiger partial charge in [0.1, 0.15) is 11.3 Å². The Hall–Kier alpha value is -2.57. The van der Waals surface area contributed by atoms with Crippen molar-refractivity contribution < 1.29 is 9.52 Å². The first-order valence-electron chi connectivity index (χ1n) is 11.2. The van der Waals surface area contributed by atoms with E-state index in [4.69, 9.17) is 4.42 Å². The van der Waals surface area contributed by atoms with E-state index in [0.29, 0.717) is 11.5 Å². The third-order valence-corrected chi connectivity index (χ3v) is 6.59. The molecule has 2 aromatic rings. The van der Waals surface area contributed by atoms with Gasteiger partial charge in [0.05, 0.1) is 18.5 Å². The number of hydrogen-bond donors (Lipinski definition) is 1. The van der Waals surface area contributed by atoms with Crippen LogP contribution in [0.25, 0.3) is 0 Å². The Bertz CT molecular complexity index is 1000. The molecule has 0 aromatic carbocycles. The summed E-state index contributed by atoms with van der Waals surface area (Å²) in [6, 6.07) is 3.43. The van der Waals surface area contributed by atoms with Gasteiger partial charge in [-0.25, -0.2) is 4.79 Å². The molecule has 7 nitrogen and oxygen atoms in total. The van der Waals surface area contributed by atoms with Crippen molar-refractivity contribution >= 4 is 5.71 Å². The summed E-state index contributed by atoms with van der Waals surface area (Å²) in [4.78, 5) is 31.4. The third-order valence-electron chi connectivity index (χ3n) is 6.59. The monoisotopic (exact) mass is 413 g/mol. The molecule has 0 amide bonds. The van der Waals surface area contributed by atoms with Gasteiger partial charge in [0.15, 0.2) is 0 Å². The molecule has 7 heteroatoms. The zero-order chi connectivity index (χ0) is 21.1. The standard InChI is InChI=1S/C23H31N3O4/c1-16(24-15-19-13-8-14-30-19)20-21(27)25(17-9-4-2-5-10-17)23(29)26(22(20)28)18-11-6-3-7-12-18/h8,13-14,17-18,27H,2-7,9-12,15H2,1H3. The Balaban J connectivity index is 1.84. The van der Waals surface area contributed by atoms with Crippen LogP contribution in [-0.2, 0) is 6.54 Å². The van der Waals surface area contributed by atoms with Crippen molar-refractivity contribution in [1.82, 2.24) is 9.13 Å². The lowest BCUT2D eigenvalue weighted by Crippen LogP contribution is -2.46. The molecule has 2 heterocycles. The van der Waals surface area contributed by atoms with Gasteiger partial charge in [0.2, 0.25) is 5.88 Å². The molecule has 2 fully saturated rings. The van der Waals surface area contributed by atoms with Crippen LogP contribution in [0.1, 0.15) is 94.5 Å². The van der Waals surface area contributed by atoms with Crippen LogP contribution in [0, 0.1) is 0 Å². The minimum absolute atomic E-state index is 0.0710. The van der Waals surface area contributed by atoms with E-state index in [1.807, 2.05) is 6.07 Å². The quantitative estimate of drug-likeness (QED) is 0.739. The van der Waals surface area contributed by atoms with Gasteiger partial charge in [0, 0.05) is 12.1 Å². The lowest BCUT2D eigenvalue weighted by molar-refractivity contribution is 0.271. The second-order valence-corrected chi connectivity index (χ2v) is 8.59. The molecule has 0 unspecified atom stereocenters. The summed E-state index contributed by atoms with van der Waals surface area (Å²) in [5, 5.41) is 11.1. The first kappa shape index (κ1) is 20.7. The van der Waals surface area contributed by atoms with Gasteiger partial charge in [-0.2, -0.15) is 0 Å². The summed E-state index contributed by atoms with van der Waals surface area (Å²) in [5.74, 6) is 0.451. The molecule has 4 rings (SSSR count). The second kappa shape index (κ2) is 9.06. The van der Waals surface area contributed by atoms with E-state index >= 15 is 0 Å². The summed E-state index contributed by atoms with van der Waals surface area (Å²) in [7, 11) is 0. The van der Waals surface area contributed by atoms with Crippen molar-refractivity contribution in [2.75, 3.05) is 0 Å². The highest BCUT2D eigenvalue weighted by Gasteiger charge is 2.29. The highest BCUT2D eigenvalue weighted by Crippen LogP contribution is 2.32. The third kappa shape index (κ3) is 4.02. The topological polar surface area (TPSA) is 89.7 Å². The summed E-state index contributed by atoms with van der Waals surface area (Å²) in [6.45, 7) is 2.00. The molecule has 1 N–H and O–H groups in total. The van der Waals surface area contributed by atoms with Crippen LogP contribution < -0.4 is 11.2 Å². The molecule has 0 aliphatic heterocycles. The van der Waals surface area contributed by atoms with E-state index in [-0.39, 0.29) is 35.8 Å². The number of furan rings is 1. The van der Waals surface area contributed by atoms with Gasteiger partial charge in [-0.05, 0) is 44.7 Å². The summed E-state index contributed by atoms with van der Waals surface area (Å²) in [6.07, 6.45) is 11.3. The highest BCUT2D eigenvalue weighted by atomic mass is 16.3. The number of hydrogen-bond acceptors (Lipinski definition) is 5. The molecule has 0 atom stereocenters. The largest absolute Gasteiger partial charge is 0.494 e. The summed E-state index contributed by atoms with van der Waals surface area (Å²) < 4.78 is 8.22. The molecular weight excluding hydrogens is 382 g/mol. The normalized spacial score (nSPS) is 19.3. The van der Waals surface area contributed by atoms with Crippen molar-refractivity contribution in [3.05, 3.63) is 50.6 Å². The van der Waals surface area contributed by atoms with E-state index in [9.17, 15) is 14.7 Å². The maximum Gasteiger partial charge on any atom is 0.334 e. The Morgan fingerprint density at radius 2 is 1.63 bits per heavy atom. The van der Waals surface area contributed by atoms with Gasteiger partial charge < -0.3 is 9.52 Å². The summed E-state index contributed by atoms with van der Waals surface area (Å²) >= 11 is 0. The van der Waals surface area contributed by atoms with Crippen LogP contribution in [-0.4, -0.2) is 20.0 Å². The maximum atomic E-state index is 13.4. The van der Waals surface area contributed by atoms with Crippen LogP contribution >= 0.6 is 0 Å². The second-order valence-electron chi connectivity index (χ2n) is 8.59. The van der Waals surface area contributed by atoms with E-state index in [1.54, 1.807) is 19.3 Å². The van der Waals surface area contributed by atoms with Crippen molar-refractivity contribution in [2.45, 2.75) is 89.8 Å². The highest BCUT2D eigenvalue weighted by molar-refractivity contribution is 6.00. The Morgan fingerprint density at radius 3 is 2.20 bits per heavy atom. The molecule has 162 valence electrons. The predicted molar refractivity (Wildman–Crippen MR) is 115 cm³/mol. The molecule has 2 aromatic heterocycles. The van der Waals surface area contributed by atoms with E-state index in [2.05, 4.69) is 4.99 Å². The average molecular weight is 414 g/mol. The molecule has 0 spiro atoms. The molecule has 2 saturated carbocycles. The van der Waals surface area contributed by atoms with Crippen molar-refractivity contribution in [2.24, 2.45) is 4.99 Å². The minimum Gasteiger partial charge on any atom is -0.494 e. The Morgan fingerprint density at radius 1 is 1.03 bits per heavy atom. The predicted octanol–water partition coefficient (Wildman–Crippen LogP) is 4.33. The van der Waals surface area contributed by atoms with Gasteiger partial charge in [0.25, 0.3) is 5.56 Å². The molecule has 2 aliphatic rings. The van der Waals surface area contributed by atoms with Crippen molar-refractivity contribution in [3.8, 4) is 5.88 Å². The zero-order valence-electron chi connectivity index (χ0n) is 17.7. The molecule has 0 bridgehead atoms. The Labute approximate surface area is 176 Å². The number of nitrogens with zero attached hydrogens (tertiary/aromatic N) is 3. The fourth-order valence-corrected chi connectivity index (χ4v) is 4.95. The molecule has 0 saturated heterocycles. The fraction of sp³-hybridized carbons (Fsp3) is 0.609. The number of aromatic hydroxyl groups is 1. The molecule has 2 aliphatic carbocycles. The lowest BCUT2D eigenvalue weighted by Gasteiger charge is -2.29.